The summed E-state index contributed by atoms with van der Waals surface area (Å²) in [6.07, 6.45) is 5.96. The maximum Gasteiger partial charge on any atom is 0.124 e. The fourth-order valence-corrected chi connectivity index (χ4v) is 2.40. The Morgan fingerprint density at radius 1 is 1.33 bits per heavy atom. The molecule has 0 radical (unpaired) electrons. The number of anilines is 1. The molecule has 18 heavy (non-hydrogen) atoms. The minimum absolute atomic E-state index is 0.718. The van der Waals surface area contributed by atoms with Gasteiger partial charge < -0.3 is 9.88 Å². The van der Waals surface area contributed by atoms with Gasteiger partial charge in [0.2, 0.25) is 0 Å². The van der Waals surface area contributed by atoms with Crippen molar-refractivity contribution < 1.29 is 0 Å². The highest BCUT2D eigenvalue weighted by Gasteiger charge is 2.18. The fourth-order valence-electron chi connectivity index (χ4n) is 2.40. The number of aromatic nitrogens is 2. The summed E-state index contributed by atoms with van der Waals surface area (Å²) in [6.45, 7) is 2.06. The normalized spacial score (nSPS) is 14.7. The van der Waals surface area contributed by atoms with Gasteiger partial charge in [-0.05, 0) is 31.0 Å². The first kappa shape index (κ1) is 10.8. The van der Waals surface area contributed by atoms with Crippen LogP contribution in [0, 0.1) is 11.3 Å². The van der Waals surface area contributed by atoms with E-state index in [0.717, 1.165) is 35.7 Å². The lowest BCUT2D eigenvalue weighted by Crippen LogP contribution is -2.18. The van der Waals surface area contributed by atoms with Crippen molar-refractivity contribution in [2.24, 2.45) is 0 Å². The third-order valence-electron chi connectivity index (χ3n) is 3.31. The van der Waals surface area contributed by atoms with Crippen LogP contribution in [-0.4, -0.2) is 23.1 Å². The number of aromatic amines is 1. The summed E-state index contributed by atoms with van der Waals surface area (Å²) in [6, 6.07) is 8.07. The molecule has 0 amide bonds. The Hall–Kier alpha value is -2.28. The lowest BCUT2D eigenvalue weighted by Gasteiger charge is -2.15. The number of pyridine rings is 1. The fraction of sp³-hybridized carbons (Fsp3) is 0.286. The van der Waals surface area contributed by atoms with Gasteiger partial charge in [-0.1, -0.05) is 0 Å². The van der Waals surface area contributed by atoms with Gasteiger partial charge in [0.15, 0.2) is 0 Å². The quantitative estimate of drug-likeness (QED) is 0.874. The van der Waals surface area contributed by atoms with Gasteiger partial charge in [0, 0.05) is 36.7 Å². The van der Waals surface area contributed by atoms with E-state index in [-0.39, 0.29) is 0 Å². The SMILES string of the molecule is N#Cc1cc(-c2cccnc2)[nH]c1N1CCCC1. The van der Waals surface area contributed by atoms with Crippen molar-refractivity contribution >= 4 is 5.82 Å². The molecule has 0 atom stereocenters. The van der Waals surface area contributed by atoms with E-state index in [0.29, 0.717) is 0 Å². The first-order valence-corrected chi connectivity index (χ1v) is 6.17. The van der Waals surface area contributed by atoms with E-state index in [4.69, 9.17) is 0 Å². The molecule has 0 bridgehead atoms. The summed E-state index contributed by atoms with van der Waals surface area (Å²) in [5.74, 6) is 0.953. The summed E-state index contributed by atoms with van der Waals surface area (Å²) in [5, 5.41) is 9.23. The second-order valence-corrected chi connectivity index (χ2v) is 4.49. The molecule has 0 aliphatic carbocycles. The molecule has 1 aliphatic rings. The van der Waals surface area contributed by atoms with Crippen LogP contribution in [0.4, 0.5) is 5.82 Å². The zero-order valence-electron chi connectivity index (χ0n) is 10.1. The van der Waals surface area contributed by atoms with Gasteiger partial charge in [0.05, 0.1) is 5.56 Å². The van der Waals surface area contributed by atoms with E-state index in [1.807, 2.05) is 18.2 Å². The largest absolute Gasteiger partial charge is 0.357 e. The predicted octanol–water partition coefficient (Wildman–Crippen LogP) is 2.55. The molecule has 0 aromatic carbocycles. The first-order chi connectivity index (χ1) is 8.88. The molecule has 3 rings (SSSR count). The van der Waals surface area contributed by atoms with Crippen molar-refractivity contribution in [3.8, 4) is 17.3 Å². The van der Waals surface area contributed by atoms with Crippen molar-refractivity contribution in [2.45, 2.75) is 12.8 Å². The van der Waals surface area contributed by atoms with Crippen LogP contribution in [0.15, 0.2) is 30.6 Å². The zero-order chi connectivity index (χ0) is 12.4. The van der Waals surface area contributed by atoms with Gasteiger partial charge in [-0.2, -0.15) is 5.26 Å². The summed E-state index contributed by atoms with van der Waals surface area (Å²) >= 11 is 0. The number of hydrogen-bond acceptors (Lipinski definition) is 3. The Bertz CT molecular complexity index is 574. The topological polar surface area (TPSA) is 55.7 Å². The molecule has 2 aromatic rings. The number of nitrogens with one attached hydrogen (secondary N) is 1. The van der Waals surface area contributed by atoms with E-state index < -0.39 is 0 Å². The molecule has 1 fully saturated rings. The molecule has 0 unspecified atom stereocenters. The first-order valence-electron chi connectivity index (χ1n) is 6.17. The lowest BCUT2D eigenvalue weighted by molar-refractivity contribution is 0.944. The average Bonchev–Trinajstić information content (AvgIpc) is 3.08. The molecule has 0 saturated carbocycles. The van der Waals surface area contributed by atoms with Crippen LogP contribution in [-0.2, 0) is 0 Å². The van der Waals surface area contributed by atoms with Crippen LogP contribution < -0.4 is 4.90 Å². The minimum atomic E-state index is 0.718. The van der Waals surface area contributed by atoms with Gasteiger partial charge in [-0.25, -0.2) is 0 Å². The molecule has 3 heterocycles. The predicted molar refractivity (Wildman–Crippen MR) is 70.2 cm³/mol. The number of nitrogens with zero attached hydrogens (tertiary/aromatic N) is 3. The van der Waals surface area contributed by atoms with Crippen molar-refractivity contribution in [1.29, 1.82) is 5.26 Å². The maximum atomic E-state index is 9.23. The highest BCUT2D eigenvalue weighted by atomic mass is 15.2. The van der Waals surface area contributed by atoms with Crippen LogP contribution in [0.5, 0.6) is 0 Å². The highest BCUT2D eigenvalue weighted by molar-refractivity contribution is 5.69. The van der Waals surface area contributed by atoms with Gasteiger partial charge >= 0.3 is 0 Å². The van der Waals surface area contributed by atoms with Crippen LogP contribution in [0.3, 0.4) is 0 Å². The number of H-pyrrole nitrogens is 1. The summed E-state index contributed by atoms with van der Waals surface area (Å²) in [5.41, 5.74) is 2.69. The van der Waals surface area contributed by atoms with E-state index >= 15 is 0 Å². The molecule has 2 aromatic heterocycles. The van der Waals surface area contributed by atoms with E-state index in [9.17, 15) is 5.26 Å². The van der Waals surface area contributed by atoms with Crippen molar-refractivity contribution in [1.82, 2.24) is 9.97 Å². The van der Waals surface area contributed by atoms with Crippen LogP contribution in [0.2, 0.25) is 0 Å². The van der Waals surface area contributed by atoms with Crippen LogP contribution >= 0.6 is 0 Å². The second kappa shape index (κ2) is 4.53. The third-order valence-corrected chi connectivity index (χ3v) is 3.31. The van der Waals surface area contributed by atoms with E-state index in [2.05, 4.69) is 20.9 Å². The van der Waals surface area contributed by atoms with Gasteiger partial charge in [-0.15, -0.1) is 0 Å². The van der Waals surface area contributed by atoms with Crippen LogP contribution in [0.1, 0.15) is 18.4 Å². The van der Waals surface area contributed by atoms with E-state index in [1.54, 1.807) is 12.4 Å². The molecule has 1 saturated heterocycles. The van der Waals surface area contributed by atoms with Gasteiger partial charge in [-0.3, -0.25) is 4.98 Å². The Kier molecular flexibility index (Phi) is 2.73. The molecule has 1 N–H and O–H groups in total. The molecular formula is C14H14N4. The molecule has 90 valence electrons. The smallest absolute Gasteiger partial charge is 0.124 e. The highest BCUT2D eigenvalue weighted by Crippen LogP contribution is 2.28. The van der Waals surface area contributed by atoms with Gasteiger partial charge in [0.1, 0.15) is 11.9 Å². The molecule has 4 nitrogen and oxygen atoms in total. The monoisotopic (exact) mass is 238 g/mol. The van der Waals surface area contributed by atoms with Crippen molar-refractivity contribution in [3.05, 3.63) is 36.2 Å². The number of hydrogen-bond donors (Lipinski definition) is 1. The summed E-state index contributed by atoms with van der Waals surface area (Å²) < 4.78 is 0. The average molecular weight is 238 g/mol. The van der Waals surface area contributed by atoms with Crippen molar-refractivity contribution in [3.63, 3.8) is 0 Å². The molecule has 0 spiro atoms. The second-order valence-electron chi connectivity index (χ2n) is 4.49. The third kappa shape index (κ3) is 1.84. The Morgan fingerprint density at radius 2 is 2.17 bits per heavy atom. The Balaban J connectivity index is 2.01. The summed E-state index contributed by atoms with van der Waals surface area (Å²) in [4.78, 5) is 9.71. The Labute approximate surface area is 106 Å². The van der Waals surface area contributed by atoms with Crippen molar-refractivity contribution in [2.75, 3.05) is 18.0 Å². The summed E-state index contributed by atoms with van der Waals surface area (Å²) in [7, 11) is 0. The van der Waals surface area contributed by atoms with Crippen LogP contribution in [0.25, 0.3) is 11.3 Å². The Morgan fingerprint density at radius 3 is 2.83 bits per heavy atom. The maximum absolute atomic E-state index is 9.23. The molecule has 4 heteroatoms. The van der Waals surface area contributed by atoms with Gasteiger partial charge in [0.25, 0.3) is 0 Å². The standard InChI is InChI=1S/C14H14N4/c15-9-12-8-13(11-4-3-5-16-10-11)17-14(12)18-6-1-2-7-18/h3-5,8,10,17H,1-2,6-7H2. The number of rotatable bonds is 2. The molecular weight excluding hydrogens is 224 g/mol. The lowest BCUT2D eigenvalue weighted by atomic mass is 10.2. The minimum Gasteiger partial charge on any atom is -0.357 e. The number of nitriles is 1. The van der Waals surface area contributed by atoms with E-state index in [1.165, 1.54) is 12.8 Å². The zero-order valence-corrected chi connectivity index (χ0v) is 10.1. The molecule has 1 aliphatic heterocycles.